The third kappa shape index (κ3) is 6.52. The predicted octanol–water partition coefficient (Wildman–Crippen LogP) is 5.41. The van der Waals surface area contributed by atoms with Gasteiger partial charge in [-0.25, -0.2) is 0 Å². The van der Waals surface area contributed by atoms with Crippen molar-refractivity contribution in [3.05, 3.63) is 38.4 Å². The first-order valence-corrected chi connectivity index (χ1v) is 8.59. The van der Waals surface area contributed by atoms with Gasteiger partial charge in [-0.2, -0.15) is 0 Å². The van der Waals surface area contributed by atoms with Crippen molar-refractivity contribution in [3.63, 3.8) is 0 Å². The smallest absolute Gasteiger partial charge is 0.317 e. The molecule has 0 fully saturated rings. The second kappa shape index (κ2) is 10.6. The van der Waals surface area contributed by atoms with E-state index < -0.39 is 9.85 Å². The van der Waals surface area contributed by atoms with E-state index in [0.717, 1.165) is 57.4 Å². The lowest BCUT2D eigenvalue weighted by molar-refractivity contribution is -0.394. The highest BCUT2D eigenvalue weighted by Gasteiger charge is 2.23. The molecule has 7 nitrogen and oxygen atoms in total. The number of ether oxygens (including phenoxy) is 1. The van der Waals surface area contributed by atoms with Crippen molar-refractivity contribution in [2.45, 2.75) is 71.3 Å². The molecule has 0 saturated heterocycles. The highest BCUT2D eigenvalue weighted by molar-refractivity contribution is 5.53. The van der Waals surface area contributed by atoms with Gasteiger partial charge in [0, 0.05) is 6.07 Å². The van der Waals surface area contributed by atoms with Crippen LogP contribution in [0.4, 0.5) is 11.4 Å². The van der Waals surface area contributed by atoms with E-state index >= 15 is 0 Å². The SMILES string of the molecule is CCCCCC(CCCCC)Oc1ccc([N+](=O)[O-])cc1[N+](=O)[O-]. The van der Waals surface area contributed by atoms with Crippen molar-refractivity contribution in [3.8, 4) is 5.75 Å². The van der Waals surface area contributed by atoms with E-state index in [1.54, 1.807) is 0 Å². The van der Waals surface area contributed by atoms with Crippen molar-refractivity contribution >= 4 is 11.4 Å². The summed E-state index contributed by atoms with van der Waals surface area (Å²) in [6.45, 7) is 4.24. The van der Waals surface area contributed by atoms with E-state index in [1.165, 1.54) is 12.1 Å². The number of unbranched alkanes of at least 4 members (excludes halogenated alkanes) is 4. The second-order valence-electron chi connectivity index (χ2n) is 5.90. The lowest BCUT2D eigenvalue weighted by Gasteiger charge is -2.19. The van der Waals surface area contributed by atoms with Gasteiger partial charge in [-0.3, -0.25) is 20.2 Å². The monoisotopic (exact) mass is 338 g/mol. The Kier molecular flexibility index (Phi) is 8.75. The Bertz CT molecular complexity index is 538. The molecule has 0 amide bonds. The molecule has 7 heteroatoms. The average Bonchev–Trinajstić information content (AvgIpc) is 2.55. The fraction of sp³-hybridized carbons (Fsp3) is 0.647. The van der Waals surface area contributed by atoms with Gasteiger partial charge in [0.1, 0.15) is 0 Å². The summed E-state index contributed by atoms with van der Waals surface area (Å²) >= 11 is 0. The minimum atomic E-state index is -0.642. The summed E-state index contributed by atoms with van der Waals surface area (Å²) in [7, 11) is 0. The zero-order chi connectivity index (χ0) is 17.9. The number of benzene rings is 1. The number of nitro benzene ring substituents is 2. The molecule has 0 unspecified atom stereocenters. The molecular weight excluding hydrogens is 312 g/mol. The zero-order valence-corrected chi connectivity index (χ0v) is 14.4. The number of nitrogens with zero attached hydrogens (tertiary/aromatic N) is 2. The van der Waals surface area contributed by atoms with Gasteiger partial charge in [-0.15, -0.1) is 0 Å². The molecular formula is C17H26N2O5. The van der Waals surface area contributed by atoms with Gasteiger partial charge in [-0.05, 0) is 31.7 Å². The number of nitro groups is 2. The lowest BCUT2D eigenvalue weighted by Crippen LogP contribution is -2.17. The molecule has 0 aliphatic rings. The molecule has 1 aromatic carbocycles. The first-order chi connectivity index (χ1) is 11.5. The minimum Gasteiger partial charge on any atom is -0.483 e. The number of rotatable bonds is 12. The first kappa shape index (κ1) is 19.9. The van der Waals surface area contributed by atoms with Gasteiger partial charge >= 0.3 is 5.69 Å². The van der Waals surface area contributed by atoms with Crippen molar-refractivity contribution in [2.24, 2.45) is 0 Å². The molecule has 0 heterocycles. The summed E-state index contributed by atoms with van der Waals surface area (Å²) in [5.74, 6) is 0.114. The van der Waals surface area contributed by atoms with Crippen LogP contribution in [0.25, 0.3) is 0 Å². The van der Waals surface area contributed by atoms with Gasteiger partial charge < -0.3 is 4.74 Å². The zero-order valence-electron chi connectivity index (χ0n) is 14.4. The molecule has 134 valence electrons. The maximum Gasteiger partial charge on any atom is 0.317 e. The Morgan fingerprint density at radius 3 is 2.00 bits per heavy atom. The van der Waals surface area contributed by atoms with Crippen LogP contribution < -0.4 is 4.74 Å². The fourth-order valence-corrected chi connectivity index (χ4v) is 2.55. The van der Waals surface area contributed by atoms with Crippen LogP contribution in [0, 0.1) is 20.2 Å². The third-order valence-electron chi connectivity index (χ3n) is 3.90. The maximum absolute atomic E-state index is 11.2. The van der Waals surface area contributed by atoms with E-state index in [2.05, 4.69) is 13.8 Å². The molecule has 1 rings (SSSR count). The van der Waals surface area contributed by atoms with Gasteiger partial charge in [0.05, 0.1) is 22.0 Å². The summed E-state index contributed by atoms with van der Waals surface area (Å²) in [4.78, 5) is 20.7. The number of hydrogen-bond donors (Lipinski definition) is 0. The van der Waals surface area contributed by atoms with Crippen LogP contribution in [0.3, 0.4) is 0 Å². The van der Waals surface area contributed by atoms with E-state index in [-0.39, 0.29) is 23.2 Å². The van der Waals surface area contributed by atoms with Gasteiger partial charge in [0.25, 0.3) is 5.69 Å². The van der Waals surface area contributed by atoms with Crippen LogP contribution in [0.2, 0.25) is 0 Å². The Hall–Kier alpha value is -2.18. The predicted molar refractivity (Wildman–Crippen MR) is 92.5 cm³/mol. The van der Waals surface area contributed by atoms with E-state index in [1.807, 2.05) is 0 Å². The molecule has 0 spiro atoms. The van der Waals surface area contributed by atoms with Crippen molar-refractivity contribution in [1.29, 1.82) is 0 Å². The molecule has 24 heavy (non-hydrogen) atoms. The largest absolute Gasteiger partial charge is 0.483 e. The molecule has 0 N–H and O–H groups in total. The number of hydrogen-bond acceptors (Lipinski definition) is 5. The van der Waals surface area contributed by atoms with Crippen molar-refractivity contribution < 1.29 is 14.6 Å². The molecule has 0 aliphatic heterocycles. The molecule has 0 bridgehead atoms. The van der Waals surface area contributed by atoms with Crippen LogP contribution in [0.5, 0.6) is 5.75 Å². The summed E-state index contributed by atoms with van der Waals surface area (Å²) < 4.78 is 5.87. The Balaban J connectivity index is 2.89. The van der Waals surface area contributed by atoms with E-state index in [0.29, 0.717) is 0 Å². The maximum atomic E-state index is 11.2. The topological polar surface area (TPSA) is 95.5 Å². The Labute approximate surface area is 142 Å². The van der Waals surface area contributed by atoms with E-state index in [4.69, 9.17) is 4.74 Å². The first-order valence-electron chi connectivity index (χ1n) is 8.59. The van der Waals surface area contributed by atoms with Crippen LogP contribution in [0.15, 0.2) is 18.2 Å². The standard InChI is InChI=1S/C17H26N2O5/c1-3-5-7-9-15(10-8-6-4-2)24-17-12-11-14(18(20)21)13-16(17)19(22)23/h11-13,15H,3-10H2,1-2H3. The van der Waals surface area contributed by atoms with Gasteiger partial charge in [0.2, 0.25) is 0 Å². The molecule has 1 aromatic rings. The summed E-state index contributed by atoms with van der Waals surface area (Å²) in [5.41, 5.74) is -0.650. The van der Waals surface area contributed by atoms with Crippen molar-refractivity contribution in [1.82, 2.24) is 0 Å². The summed E-state index contributed by atoms with van der Waals surface area (Å²) in [5, 5.41) is 22.0. The quantitative estimate of drug-likeness (QED) is 0.288. The van der Waals surface area contributed by atoms with Gasteiger partial charge in [-0.1, -0.05) is 39.5 Å². The van der Waals surface area contributed by atoms with Crippen LogP contribution in [-0.4, -0.2) is 16.0 Å². The molecule has 0 aromatic heterocycles. The summed E-state index contributed by atoms with van der Waals surface area (Å²) in [6, 6.07) is 3.55. The Morgan fingerprint density at radius 2 is 1.54 bits per heavy atom. The van der Waals surface area contributed by atoms with Crippen LogP contribution in [-0.2, 0) is 0 Å². The average molecular weight is 338 g/mol. The highest BCUT2D eigenvalue weighted by Crippen LogP contribution is 2.33. The molecule has 0 aliphatic carbocycles. The lowest BCUT2D eigenvalue weighted by atomic mass is 10.0. The van der Waals surface area contributed by atoms with E-state index in [9.17, 15) is 20.2 Å². The molecule has 0 saturated carbocycles. The highest BCUT2D eigenvalue weighted by atomic mass is 16.6. The minimum absolute atomic E-state index is 0.0942. The molecule has 0 atom stereocenters. The number of non-ortho nitro benzene ring substituents is 1. The molecule has 0 radical (unpaired) electrons. The van der Waals surface area contributed by atoms with Gasteiger partial charge in [0.15, 0.2) is 5.75 Å². The summed E-state index contributed by atoms with van der Waals surface area (Å²) in [6.07, 6.45) is 7.98. The van der Waals surface area contributed by atoms with Crippen LogP contribution >= 0.6 is 0 Å². The van der Waals surface area contributed by atoms with Crippen LogP contribution in [0.1, 0.15) is 65.2 Å². The Morgan fingerprint density at radius 1 is 0.958 bits per heavy atom. The van der Waals surface area contributed by atoms with Crippen molar-refractivity contribution in [2.75, 3.05) is 0 Å². The fourth-order valence-electron chi connectivity index (χ4n) is 2.55. The normalized spacial score (nSPS) is 10.8. The third-order valence-corrected chi connectivity index (χ3v) is 3.90. The second-order valence-corrected chi connectivity index (χ2v) is 5.90.